The molecular weight excluding hydrogens is 376 g/mol. The monoisotopic (exact) mass is 388 g/mol. The lowest BCUT2D eigenvalue weighted by Crippen LogP contribution is -2.01. The summed E-state index contributed by atoms with van der Waals surface area (Å²) in [5, 5.41) is 15.9. The van der Waals surface area contributed by atoms with E-state index in [1.165, 1.54) is 0 Å². The summed E-state index contributed by atoms with van der Waals surface area (Å²) < 4.78 is 7.48. The van der Waals surface area contributed by atoms with Gasteiger partial charge in [0.1, 0.15) is 11.5 Å². The molecule has 0 atom stereocenters. The van der Waals surface area contributed by atoms with Crippen molar-refractivity contribution in [3.05, 3.63) is 77.8 Å². The molecule has 0 aliphatic carbocycles. The number of halogens is 1. The number of tetrazole rings is 1. The predicted octanol–water partition coefficient (Wildman–Crippen LogP) is 4.86. The number of nitrogens with one attached hydrogen (secondary N) is 1. The average Bonchev–Trinajstić information content (AvgIpc) is 3.22. The van der Waals surface area contributed by atoms with Crippen LogP contribution in [0.2, 0.25) is 5.02 Å². The summed E-state index contributed by atoms with van der Waals surface area (Å²) in [5.41, 5.74) is 3.04. The van der Waals surface area contributed by atoms with Crippen LogP contribution < -0.4 is 10.1 Å². The number of hydrogen-bond acceptors (Lipinski definition) is 6. The summed E-state index contributed by atoms with van der Waals surface area (Å²) in [6.07, 6.45) is 0. The maximum absolute atomic E-state index is 5.90. The van der Waals surface area contributed by atoms with Crippen molar-refractivity contribution < 1.29 is 4.74 Å². The zero-order valence-corrected chi connectivity index (χ0v) is 15.2. The Morgan fingerprint density at radius 3 is 2.36 bits per heavy atom. The Labute approximate surface area is 164 Å². The van der Waals surface area contributed by atoms with E-state index < -0.39 is 0 Å². The van der Waals surface area contributed by atoms with E-state index in [1.54, 1.807) is 16.6 Å². The molecular formula is C20H13ClN6O. The van der Waals surface area contributed by atoms with Gasteiger partial charge < -0.3 is 10.1 Å². The van der Waals surface area contributed by atoms with Gasteiger partial charge >= 0.3 is 0 Å². The van der Waals surface area contributed by atoms with Crippen LogP contribution >= 0.6 is 11.6 Å². The number of fused-ring (bicyclic) bond motifs is 3. The van der Waals surface area contributed by atoms with Crippen molar-refractivity contribution in [2.75, 3.05) is 5.32 Å². The first-order chi connectivity index (χ1) is 13.8. The topological polar surface area (TPSA) is 77.2 Å². The fraction of sp³-hybridized carbons (Fsp3) is 0. The van der Waals surface area contributed by atoms with Crippen molar-refractivity contribution in [1.82, 2.24) is 25.0 Å². The van der Waals surface area contributed by atoms with Gasteiger partial charge in [0.05, 0.1) is 11.0 Å². The summed E-state index contributed by atoms with van der Waals surface area (Å²) >= 11 is 5.90. The van der Waals surface area contributed by atoms with Crippen molar-refractivity contribution in [3.8, 4) is 11.5 Å². The van der Waals surface area contributed by atoms with Crippen molar-refractivity contribution >= 4 is 39.8 Å². The first-order valence-corrected chi connectivity index (χ1v) is 8.91. The van der Waals surface area contributed by atoms with Gasteiger partial charge in [0.15, 0.2) is 5.82 Å². The molecule has 136 valence electrons. The van der Waals surface area contributed by atoms with Crippen LogP contribution in [0, 0.1) is 0 Å². The number of para-hydroxylation sites is 2. The molecule has 0 aliphatic rings. The van der Waals surface area contributed by atoms with Crippen LogP contribution in [0.1, 0.15) is 0 Å². The Balaban J connectivity index is 1.43. The molecule has 3 aromatic carbocycles. The second kappa shape index (κ2) is 6.79. The van der Waals surface area contributed by atoms with E-state index >= 15 is 0 Å². The zero-order chi connectivity index (χ0) is 18.9. The lowest BCUT2D eigenvalue weighted by Gasteiger charge is -2.10. The highest BCUT2D eigenvalue weighted by molar-refractivity contribution is 6.30. The van der Waals surface area contributed by atoms with Crippen LogP contribution in [0.3, 0.4) is 0 Å². The van der Waals surface area contributed by atoms with Crippen LogP contribution in [0.4, 0.5) is 11.5 Å². The van der Waals surface area contributed by atoms with Crippen molar-refractivity contribution in [2.45, 2.75) is 0 Å². The summed E-state index contributed by atoms with van der Waals surface area (Å²) in [4.78, 5) is 4.65. The number of rotatable bonds is 4. The smallest absolute Gasteiger partial charge is 0.222 e. The van der Waals surface area contributed by atoms with E-state index in [0.717, 1.165) is 22.5 Å². The number of hydrogen-bond donors (Lipinski definition) is 1. The van der Waals surface area contributed by atoms with Gasteiger partial charge in [-0.1, -0.05) is 23.7 Å². The molecule has 2 aromatic heterocycles. The quantitative estimate of drug-likeness (QED) is 0.473. The fourth-order valence-corrected chi connectivity index (χ4v) is 3.00. The molecule has 0 saturated heterocycles. The van der Waals surface area contributed by atoms with E-state index in [4.69, 9.17) is 16.3 Å². The Morgan fingerprint density at radius 1 is 0.857 bits per heavy atom. The summed E-state index contributed by atoms with van der Waals surface area (Å²) in [6.45, 7) is 0. The molecule has 0 radical (unpaired) electrons. The molecule has 5 aromatic rings. The number of ether oxygens (including phenoxy) is 1. The molecule has 0 spiro atoms. The van der Waals surface area contributed by atoms with E-state index in [0.29, 0.717) is 22.2 Å². The van der Waals surface area contributed by atoms with Crippen LogP contribution in [0.15, 0.2) is 72.8 Å². The third-order valence-electron chi connectivity index (χ3n) is 4.19. The first-order valence-electron chi connectivity index (χ1n) is 8.54. The van der Waals surface area contributed by atoms with Gasteiger partial charge in [0, 0.05) is 10.7 Å². The molecule has 5 rings (SSSR count). The predicted molar refractivity (Wildman–Crippen MR) is 107 cm³/mol. The highest BCUT2D eigenvalue weighted by Gasteiger charge is 2.11. The zero-order valence-electron chi connectivity index (χ0n) is 14.5. The maximum atomic E-state index is 5.90. The molecule has 0 amide bonds. The van der Waals surface area contributed by atoms with Crippen LogP contribution in [0.5, 0.6) is 11.5 Å². The Bertz CT molecular complexity index is 1270. The molecule has 2 heterocycles. The first kappa shape index (κ1) is 16.5. The summed E-state index contributed by atoms with van der Waals surface area (Å²) in [5.74, 6) is 2.02. The fourth-order valence-electron chi connectivity index (χ4n) is 2.87. The average molecular weight is 389 g/mol. The van der Waals surface area contributed by atoms with Gasteiger partial charge in [-0.2, -0.15) is 4.52 Å². The van der Waals surface area contributed by atoms with Gasteiger partial charge in [0.25, 0.3) is 0 Å². The largest absolute Gasteiger partial charge is 0.457 e. The lowest BCUT2D eigenvalue weighted by molar-refractivity contribution is 0.483. The molecule has 28 heavy (non-hydrogen) atoms. The third-order valence-corrected chi connectivity index (χ3v) is 4.44. The summed E-state index contributed by atoms with van der Waals surface area (Å²) in [7, 11) is 0. The molecule has 7 nitrogen and oxygen atoms in total. The van der Waals surface area contributed by atoms with Crippen molar-refractivity contribution in [3.63, 3.8) is 0 Å². The molecule has 0 unspecified atom stereocenters. The van der Waals surface area contributed by atoms with Crippen LogP contribution in [-0.2, 0) is 0 Å². The number of benzene rings is 3. The SMILES string of the molecule is Clc1ccc(Oc2ccc(Nc3nc4ccccc4n4nnnc34)cc2)cc1. The van der Waals surface area contributed by atoms with Crippen molar-refractivity contribution in [1.29, 1.82) is 0 Å². The van der Waals surface area contributed by atoms with E-state index in [-0.39, 0.29) is 0 Å². The highest BCUT2D eigenvalue weighted by atomic mass is 35.5. The van der Waals surface area contributed by atoms with Gasteiger partial charge in [0.2, 0.25) is 5.65 Å². The Hall–Kier alpha value is -3.71. The minimum Gasteiger partial charge on any atom is -0.457 e. The number of anilines is 2. The number of nitrogens with zero attached hydrogens (tertiary/aromatic N) is 5. The van der Waals surface area contributed by atoms with Crippen LogP contribution in [0.25, 0.3) is 16.7 Å². The van der Waals surface area contributed by atoms with E-state index in [2.05, 4.69) is 25.8 Å². The molecule has 0 bridgehead atoms. The lowest BCUT2D eigenvalue weighted by atomic mass is 10.3. The van der Waals surface area contributed by atoms with Gasteiger partial charge in [-0.3, -0.25) is 0 Å². The normalized spacial score (nSPS) is 11.0. The molecule has 8 heteroatoms. The standard InChI is InChI=1S/C20H13ClN6O/c21-13-5-9-15(10-6-13)28-16-11-7-14(8-12-16)22-19-20-24-25-26-27(20)18-4-2-1-3-17(18)23-19/h1-12H,(H,22,23). The van der Waals surface area contributed by atoms with Gasteiger partial charge in [-0.05, 0) is 71.1 Å². The third kappa shape index (κ3) is 3.08. The van der Waals surface area contributed by atoms with E-state index in [9.17, 15) is 0 Å². The van der Waals surface area contributed by atoms with Crippen molar-refractivity contribution in [2.24, 2.45) is 0 Å². The van der Waals surface area contributed by atoms with Gasteiger partial charge in [-0.15, -0.1) is 5.10 Å². The summed E-state index contributed by atoms with van der Waals surface area (Å²) in [6, 6.07) is 22.5. The van der Waals surface area contributed by atoms with Crippen LogP contribution in [-0.4, -0.2) is 25.0 Å². The second-order valence-corrected chi connectivity index (χ2v) is 6.51. The minimum atomic E-state index is 0.556. The second-order valence-electron chi connectivity index (χ2n) is 6.07. The Morgan fingerprint density at radius 2 is 1.57 bits per heavy atom. The molecule has 1 N–H and O–H groups in total. The van der Waals surface area contributed by atoms with Gasteiger partial charge in [-0.25, -0.2) is 4.98 Å². The van der Waals surface area contributed by atoms with E-state index in [1.807, 2.05) is 60.7 Å². The maximum Gasteiger partial charge on any atom is 0.222 e. The highest BCUT2D eigenvalue weighted by Crippen LogP contribution is 2.27. The molecule has 0 saturated carbocycles. The Kier molecular flexibility index (Phi) is 3.99. The molecule has 0 fully saturated rings. The minimum absolute atomic E-state index is 0.556. The number of aromatic nitrogens is 5. The molecule has 0 aliphatic heterocycles.